The molecule has 0 aliphatic rings. The van der Waals surface area contributed by atoms with E-state index in [-0.39, 0.29) is 0 Å². The molecular weight excluding hydrogens is 154 g/mol. The van der Waals surface area contributed by atoms with E-state index in [1.165, 1.54) is 0 Å². The lowest BCUT2D eigenvalue weighted by Crippen LogP contribution is -2.43. The van der Waals surface area contributed by atoms with Crippen molar-refractivity contribution in [1.29, 1.82) is 0 Å². The molecule has 9 heteroatoms. The molecule has 0 rings (SSSR count). The summed E-state index contributed by atoms with van der Waals surface area (Å²) in [5.41, 5.74) is 9.56. The van der Waals surface area contributed by atoms with Gasteiger partial charge in [0.25, 0.3) is 0 Å². The van der Waals surface area contributed by atoms with Gasteiger partial charge in [-0.3, -0.25) is 16.3 Å². The molecule has 0 radical (unpaired) electrons. The topological polar surface area (TPSA) is 174 Å². The van der Waals surface area contributed by atoms with Crippen LogP contribution in [0.2, 0.25) is 0 Å². The first kappa shape index (κ1) is 12.1. The van der Waals surface area contributed by atoms with Crippen LogP contribution in [0.15, 0.2) is 0 Å². The number of hydrogen-bond donors (Lipinski definition) is 7. The number of urea groups is 2. The Morgan fingerprint density at radius 2 is 1.18 bits per heavy atom. The molecule has 0 saturated heterocycles. The SMILES string of the molecule is NNC(=O)NN.NNC(N)=O. The first-order chi connectivity index (χ1) is 5.08. The third kappa shape index (κ3) is 17.8. The summed E-state index contributed by atoms with van der Waals surface area (Å²) in [4.78, 5) is 19.1. The van der Waals surface area contributed by atoms with Gasteiger partial charge in [0.15, 0.2) is 0 Å². The van der Waals surface area contributed by atoms with Crippen LogP contribution in [-0.4, -0.2) is 12.1 Å². The summed E-state index contributed by atoms with van der Waals surface area (Å²) in [6.45, 7) is 0. The Balaban J connectivity index is 0. The van der Waals surface area contributed by atoms with Gasteiger partial charge in [0.2, 0.25) is 0 Å². The van der Waals surface area contributed by atoms with Crippen LogP contribution in [0.5, 0.6) is 0 Å². The summed E-state index contributed by atoms with van der Waals surface area (Å²) in [6.07, 6.45) is 0. The van der Waals surface area contributed by atoms with Crippen LogP contribution in [0.1, 0.15) is 0 Å². The Bertz CT molecular complexity index is 118. The van der Waals surface area contributed by atoms with Crippen molar-refractivity contribution in [2.75, 3.05) is 0 Å². The minimum atomic E-state index is -0.718. The summed E-state index contributed by atoms with van der Waals surface area (Å²) in [5, 5.41) is 0. The highest BCUT2D eigenvalue weighted by atomic mass is 16.2. The van der Waals surface area contributed by atoms with Crippen LogP contribution in [0, 0.1) is 0 Å². The Morgan fingerprint density at radius 1 is 0.909 bits per heavy atom. The van der Waals surface area contributed by atoms with E-state index >= 15 is 0 Å². The van der Waals surface area contributed by atoms with E-state index < -0.39 is 12.1 Å². The van der Waals surface area contributed by atoms with Crippen LogP contribution in [0.4, 0.5) is 9.59 Å². The number of rotatable bonds is 0. The van der Waals surface area contributed by atoms with Gasteiger partial charge >= 0.3 is 12.1 Å². The average molecular weight is 165 g/mol. The smallest absolute Gasteiger partial charge is 0.343 e. The largest absolute Gasteiger partial charge is 0.351 e. The molecule has 0 fully saturated rings. The molecule has 4 amide bonds. The maximum absolute atomic E-state index is 9.71. The summed E-state index contributed by atoms with van der Waals surface area (Å²) < 4.78 is 0. The van der Waals surface area contributed by atoms with Gasteiger partial charge in [-0.1, -0.05) is 0 Å². The molecule has 0 unspecified atom stereocenters. The lowest BCUT2D eigenvalue weighted by Gasteiger charge is -1.90. The third-order valence-corrected chi connectivity index (χ3v) is 0.404. The highest BCUT2D eigenvalue weighted by molar-refractivity contribution is 5.72. The van der Waals surface area contributed by atoms with Crippen molar-refractivity contribution in [2.24, 2.45) is 23.3 Å². The minimum absolute atomic E-state index is 0.602. The maximum Gasteiger partial charge on any atom is 0.343 e. The van der Waals surface area contributed by atoms with Gasteiger partial charge < -0.3 is 5.73 Å². The molecule has 0 aliphatic carbocycles. The lowest BCUT2D eigenvalue weighted by molar-refractivity contribution is 0.241. The van der Waals surface area contributed by atoms with E-state index in [0.717, 1.165) is 0 Å². The molecular formula is C2H11N7O2. The second kappa shape index (κ2) is 8.42. The van der Waals surface area contributed by atoms with Gasteiger partial charge in [0, 0.05) is 0 Å². The number of nitrogens with one attached hydrogen (secondary N) is 3. The Morgan fingerprint density at radius 3 is 1.18 bits per heavy atom. The van der Waals surface area contributed by atoms with Gasteiger partial charge in [0.1, 0.15) is 0 Å². The van der Waals surface area contributed by atoms with Crippen LogP contribution in [0.3, 0.4) is 0 Å². The predicted octanol–water partition coefficient (Wildman–Crippen LogP) is -3.44. The average Bonchev–Trinajstić information content (AvgIpc) is 2.04. The van der Waals surface area contributed by atoms with Gasteiger partial charge in [-0.05, 0) is 0 Å². The molecule has 0 heterocycles. The molecule has 0 bridgehead atoms. The van der Waals surface area contributed by atoms with E-state index in [1.807, 2.05) is 0 Å². The lowest BCUT2D eigenvalue weighted by atomic mass is 11.1. The fourth-order valence-electron chi connectivity index (χ4n) is 0.0417. The van der Waals surface area contributed by atoms with Crippen molar-refractivity contribution in [3.63, 3.8) is 0 Å². The van der Waals surface area contributed by atoms with E-state index in [2.05, 4.69) is 23.3 Å². The van der Waals surface area contributed by atoms with Gasteiger partial charge in [-0.15, -0.1) is 0 Å². The van der Waals surface area contributed by atoms with E-state index in [9.17, 15) is 9.59 Å². The van der Waals surface area contributed by atoms with Crippen LogP contribution in [0.25, 0.3) is 0 Å². The number of hydrazine groups is 3. The summed E-state index contributed by atoms with van der Waals surface area (Å²) in [6, 6.07) is -1.32. The zero-order valence-corrected chi connectivity index (χ0v) is 5.63. The second-order valence-electron chi connectivity index (χ2n) is 1.13. The number of nitrogens with two attached hydrogens (primary N) is 4. The van der Waals surface area contributed by atoms with E-state index in [0.29, 0.717) is 0 Å². The summed E-state index contributed by atoms with van der Waals surface area (Å²) in [7, 11) is 0. The molecule has 0 aromatic carbocycles. The number of hydrogen-bond acceptors (Lipinski definition) is 5. The molecule has 66 valence electrons. The fraction of sp³-hybridized carbons (Fsp3) is 0. The van der Waals surface area contributed by atoms with Crippen LogP contribution >= 0.6 is 0 Å². The monoisotopic (exact) mass is 165 g/mol. The molecule has 0 spiro atoms. The second-order valence-corrected chi connectivity index (χ2v) is 1.13. The first-order valence-corrected chi connectivity index (χ1v) is 2.31. The van der Waals surface area contributed by atoms with Crippen LogP contribution < -0.4 is 39.5 Å². The molecule has 0 aromatic rings. The maximum atomic E-state index is 9.71. The minimum Gasteiger partial charge on any atom is -0.351 e. The highest BCUT2D eigenvalue weighted by Gasteiger charge is 1.83. The zero-order chi connectivity index (χ0) is 9.28. The van der Waals surface area contributed by atoms with Crippen molar-refractivity contribution in [3.8, 4) is 0 Å². The fourth-order valence-corrected chi connectivity index (χ4v) is 0.0417. The van der Waals surface area contributed by atoms with Crippen molar-refractivity contribution >= 4 is 12.1 Å². The molecule has 0 saturated carbocycles. The number of amides is 4. The molecule has 11 N–H and O–H groups in total. The number of carbonyl (C=O) groups excluding carboxylic acids is 2. The Labute approximate surface area is 62.4 Å². The van der Waals surface area contributed by atoms with Crippen LogP contribution in [-0.2, 0) is 0 Å². The van der Waals surface area contributed by atoms with E-state index in [4.69, 9.17) is 0 Å². The van der Waals surface area contributed by atoms with Gasteiger partial charge in [-0.2, -0.15) is 0 Å². The summed E-state index contributed by atoms with van der Waals surface area (Å²) >= 11 is 0. The Hall–Kier alpha value is -1.58. The molecule has 11 heavy (non-hydrogen) atoms. The molecule has 0 aromatic heterocycles. The normalized spacial score (nSPS) is 6.82. The van der Waals surface area contributed by atoms with Crippen molar-refractivity contribution in [3.05, 3.63) is 0 Å². The third-order valence-electron chi connectivity index (χ3n) is 0.404. The molecule has 0 atom stereocenters. The Kier molecular flexibility index (Phi) is 9.29. The highest BCUT2D eigenvalue weighted by Crippen LogP contribution is 1.42. The predicted molar refractivity (Wildman–Crippen MR) is 36.9 cm³/mol. The standard InChI is InChI=1S/CH6N4O.CH5N3O/c2-4-1(6)5-3;2-1(5)4-3/h2-3H2,(H2,4,5,6);3H2,(H3,2,4,5). The number of carbonyl (C=O) groups is 2. The van der Waals surface area contributed by atoms with Gasteiger partial charge in [-0.25, -0.2) is 27.1 Å². The van der Waals surface area contributed by atoms with Crippen molar-refractivity contribution in [2.45, 2.75) is 0 Å². The number of primary amides is 1. The zero-order valence-electron chi connectivity index (χ0n) is 5.63. The van der Waals surface area contributed by atoms with Crippen molar-refractivity contribution < 1.29 is 9.59 Å². The molecule has 9 nitrogen and oxygen atoms in total. The van der Waals surface area contributed by atoms with Crippen molar-refractivity contribution in [1.82, 2.24) is 16.3 Å². The van der Waals surface area contributed by atoms with Gasteiger partial charge in [0.05, 0.1) is 0 Å². The molecule has 0 aliphatic heterocycles. The quantitative estimate of drug-likeness (QED) is 0.112. The van der Waals surface area contributed by atoms with E-state index in [1.54, 1.807) is 16.3 Å². The summed E-state index contributed by atoms with van der Waals surface area (Å²) in [5.74, 6) is 13.5. The first-order valence-electron chi connectivity index (χ1n) is 2.31.